The van der Waals surface area contributed by atoms with E-state index in [-0.39, 0.29) is 6.03 Å². The van der Waals surface area contributed by atoms with Gasteiger partial charge in [-0.15, -0.1) is 11.3 Å². The SMILES string of the molecule is O=C(Nc1ccc(C(F)(F)F)cc1)N1CCC(c2nc3ccccc3s2)CC1. The molecule has 4 nitrogen and oxygen atoms in total. The van der Waals surface area contributed by atoms with Crippen LogP contribution in [-0.4, -0.2) is 29.0 Å². The summed E-state index contributed by atoms with van der Waals surface area (Å²) >= 11 is 1.70. The molecule has 1 aliphatic rings. The quantitative estimate of drug-likeness (QED) is 0.592. The molecule has 1 saturated heterocycles. The number of nitrogens with zero attached hydrogens (tertiary/aromatic N) is 2. The van der Waals surface area contributed by atoms with Gasteiger partial charge in [0.1, 0.15) is 0 Å². The Morgan fingerprint density at radius 1 is 1.07 bits per heavy atom. The number of carbonyl (C=O) groups is 1. The van der Waals surface area contributed by atoms with Crippen LogP contribution in [0.4, 0.5) is 23.7 Å². The van der Waals surface area contributed by atoms with Crippen molar-refractivity contribution in [1.29, 1.82) is 0 Å². The lowest BCUT2D eigenvalue weighted by atomic mass is 9.98. The zero-order chi connectivity index (χ0) is 19.7. The van der Waals surface area contributed by atoms with Crippen LogP contribution in [0, 0.1) is 0 Å². The van der Waals surface area contributed by atoms with Gasteiger partial charge >= 0.3 is 12.2 Å². The van der Waals surface area contributed by atoms with E-state index in [1.165, 1.54) is 16.8 Å². The normalized spacial score (nSPS) is 15.8. The molecular formula is C20H18F3N3OS. The van der Waals surface area contributed by atoms with Crippen LogP contribution in [0.15, 0.2) is 48.5 Å². The van der Waals surface area contributed by atoms with Crippen LogP contribution in [0.1, 0.15) is 29.3 Å². The van der Waals surface area contributed by atoms with E-state index in [2.05, 4.69) is 11.4 Å². The number of para-hydroxylation sites is 1. The van der Waals surface area contributed by atoms with E-state index in [1.54, 1.807) is 16.2 Å². The molecule has 0 saturated carbocycles. The van der Waals surface area contributed by atoms with Gasteiger partial charge in [-0.25, -0.2) is 9.78 Å². The van der Waals surface area contributed by atoms with Crippen molar-refractivity contribution >= 4 is 33.3 Å². The molecule has 0 unspecified atom stereocenters. The fourth-order valence-corrected chi connectivity index (χ4v) is 4.48. The molecule has 0 aliphatic carbocycles. The minimum absolute atomic E-state index is 0.289. The van der Waals surface area contributed by atoms with Crippen molar-refractivity contribution in [2.24, 2.45) is 0 Å². The van der Waals surface area contributed by atoms with Gasteiger partial charge in [-0.1, -0.05) is 12.1 Å². The van der Waals surface area contributed by atoms with E-state index in [0.29, 0.717) is 24.7 Å². The largest absolute Gasteiger partial charge is 0.416 e. The molecule has 8 heteroatoms. The van der Waals surface area contributed by atoms with Crippen molar-refractivity contribution in [3.8, 4) is 0 Å². The van der Waals surface area contributed by atoms with Crippen molar-refractivity contribution < 1.29 is 18.0 Å². The second kappa shape index (κ2) is 7.43. The lowest BCUT2D eigenvalue weighted by molar-refractivity contribution is -0.137. The highest BCUT2D eigenvalue weighted by molar-refractivity contribution is 7.18. The molecular weight excluding hydrogens is 387 g/mol. The number of hydrogen-bond donors (Lipinski definition) is 1. The smallest absolute Gasteiger partial charge is 0.324 e. The molecule has 1 N–H and O–H groups in total. The van der Waals surface area contributed by atoms with Crippen LogP contribution in [0.5, 0.6) is 0 Å². The Bertz CT molecular complexity index is 943. The number of alkyl halides is 3. The van der Waals surface area contributed by atoms with Crippen LogP contribution in [0.25, 0.3) is 10.2 Å². The fourth-order valence-electron chi connectivity index (χ4n) is 3.34. The highest BCUT2D eigenvalue weighted by Gasteiger charge is 2.30. The van der Waals surface area contributed by atoms with Gasteiger partial charge in [-0.2, -0.15) is 13.2 Å². The van der Waals surface area contributed by atoms with Gasteiger partial charge in [-0.3, -0.25) is 0 Å². The average molecular weight is 405 g/mol. The highest BCUT2D eigenvalue weighted by Crippen LogP contribution is 2.34. The number of anilines is 1. The number of likely N-dealkylation sites (tertiary alicyclic amines) is 1. The number of rotatable bonds is 2. The number of halogens is 3. The van der Waals surface area contributed by atoms with E-state index in [9.17, 15) is 18.0 Å². The van der Waals surface area contributed by atoms with Crippen LogP contribution in [-0.2, 0) is 6.18 Å². The first-order valence-electron chi connectivity index (χ1n) is 8.99. The summed E-state index contributed by atoms with van der Waals surface area (Å²) in [6.07, 6.45) is -2.74. The molecule has 28 heavy (non-hydrogen) atoms. The van der Waals surface area contributed by atoms with E-state index in [0.717, 1.165) is 35.5 Å². The van der Waals surface area contributed by atoms with Crippen LogP contribution in [0.2, 0.25) is 0 Å². The van der Waals surface area contributed by atoms with Gasteiger partial charge in [0.05, 0.1) is 20.8 Å². The zero-order valence-corrected chi connectivity index (χ0v) is 15.7. The number of fused-ring (bicyclic) bond motifs is 1. The number of benzene rings is 2. The molecule has 0 spiro atoms. The standard InChI is InChI=1S/C20H18F3N3OS/c21-20(22,23)14-5-7-15(8-6-14)24-19(27)26-11-9-13(10-12-26)18-25-16-3-1-2-4-17(16)28-18/h1-8,13H,9-12H2,(H,24,27). The van der Waals surface area contributed by atoms with Crippen molar-refractivity contribution in [2.75, 3.05) is 18.4 Å². The number of carbonyl (C=O) groups excluding carboxylic acids is 1. The number of amides is 2. The van der Waals surface area contributed by atoms with Crippen molar-refractivity contribution in [1.82, 2.24) is 9.88 Å². The first-order chi connectivity index (χ1) is 13.4. The van der Waals surface area contributed by atoms with Crippen molar-refractivity contribution in [3.63, 3.8) is 0 Å². The Morgan fingerprint density at radius 3 is 2.39 bits per heavy atom. The van der Waals surface area contributed by atoms with Crippen LogP contribution in [0.3, 0.4) is 0 Å². The van der Waals surface area contributed by atoms with Gasteiger partial charge in [0.25, 0.3) is 0 Å². The second-order valence-corrected chi connectivity index (χ2v) is 7.85. The molecule has 1 aliphatic heterocycles. The second-order valence-electron chi connectivity index (χ2n) is 6.79. The third kappa shape index (κ3) is 3.96. The lowest BCUT2D eigenvalue weighted by Crippen LogP contribution is -2.40. The Morgan fingerprint density at radius 2 is 1.75 bits per heavy atom. The molecule has 0 radical (unpaired) electrons. The fraction of sp³-hybridized carbons (Fsp3) is 0.300. The van der Waals surface area contributed by atoms with Gasteiger partial charge in [0.2, 0.25) is 0 Å². The summed E-state index contributed by atoms with van der Waals surface area (Å²) in [7, 11) is 0. The molecule has 0 bridgehead atoms. The minimum Gasteiger partial charge on any atom is -0.324 e. The van der Waals surface area contributed by atoms with E-state index in [1.807, 2.05) is 18.2 Å². The monoisotopic (exact) mass is 405 g/mol. The third-order valence-electron chi connectivity index (χ3n) is 4.91. The summed E-state index contributed by atoms with van der Waals surface area (Å²) in [6, 6.07) is 12.2. The number of piperidine rings is 1. The van der Waals surface area contributed by atoms with E-state index >= 15 is 0 Å². The Balaban J connectivity index is 1.35. The maximum atomic E-state index is 12.6. The lowest BCUT2D eigenvalue weighted by Gasteiger charge is -2.31. The van der Waals surface area contributed by atoms with Crippen LogP contribution < -0.4 is 5.32 Å². The van der Waals surface area contributed by atoms with Gasteiger partial charge in [-0.05, 0) is 49.2 Å². The Kier molecular flexibility index (Phi) is 4.97. The molecule has 4 rings (SSSR count). The van der Waals surface area contributed by atoms with Gasteiger partial charge in [0.15, 0.2) is 0 Å². The van der Waals surface area contributed by atoms with Crippen molar-refractivity contribution in [2.45, 2.75) is 24.9 Å². The molecule has 3 aromatic rings. The predicted molar refractivity (Wildman–Crippen MR) is 104 cm³/mol. The summed E-state index contributed by atoms with van der Waals surface area (Å²) in [5.41, 5.74) is 0.624. The molecule has 2 aromatic carbocycles. The summed E-state index contributed by atoms with van der Waals surface area (Å²) in [5, 5.41) is 3.77. The predicted octanol–water partition coefficient (Wildman–Crippen LogP) is 5.73. The van der Waals surface area contributed by atoms with Crippen molar-refractivity contribution in [3.05, 3.63) is 59.1 Å². The van der Waals surface area contributed by atoms with Crippen LogP contribution >= 0.6 is 11.3 Å². The molecule has 146 valence electrons. The maximum Gasteiger partial charge on any atom is 0.416 e. The number of nitrogens with one attached hydrogen (secondary N) is 1. The highest BCUT2D eigenvalue weighted by atomic mass is 32.1. The first-order valence-corrected chi connectivity index (χ1v) is 9.80. The topological polar surface area (TPSA) is 45.2 Å². The number of aromatic nitrogens is 1. The average Bonchev–Trinajstić information content (AvgIpc) is 3.12. The summed E-state index contributed by atoms with van der Waals surface area (Å²) in [6.45, 7) is 1.18. The minimum atomic E-state index is -4.38. The number of hydrogen-bond acceptors (Lipinski definition) is 3. The summed E-state index contributed by atoms with van der Waals surface area (Å²) in [5.74, 6) is 0.326. The third-order valence-corrected chi connectivity index (χ3v) is 6.10. The van der Waals surface area contributed by atoms with Gasteiger partial charge < -0.3 is 10.2 Å². The molecule has 1 aromatic heterocycles. The number of urea groups is 1. The molecule has 1 fully saturated rings. The van der Waals surface area contributed by atoms with Gasteiger partial charge in [0, 0.05) is 24.7 Å². The maximum absolute atomic E-state index is 12.6. The Hall–Kier alpha value is -2.61. The number of thiazole rings is 1. The molecule has 2 amide bonds. The van der Waals surface area contributed by atoms with E-state index < -0.39 is 11.7 Å². The Labute approximate surface area is 164 Å². The first kappa shape index (κ1) is 18.7. The molecule has 2 heterocycles. The summed E-state index contributed by atoms with van der Waals surface area (Å²) in [4.78, 5) is 18.8. The van der Waals surface area contributed by atoms with E-state index in [4.69, 9.17) is 4.98 Å². The summed E-state index contributed by atoms with van der Waals surface area (Å²) < 4.78 is 39.0. The zero-order valence-electron chi connectivity index (χ0n) is 14.9. The molecule has 0 atom stereocenters.